The summed E-state index contributed by atoms with van der Waals surface area (Å²) in [7, 11) is 0. The molecule has 1 aromatic carbocycles. The summed E-state index contributed by atoms with van der Waals surface area (Å²) in [6, 6.07) is 13.3. The fraction of sp³-hybridized carbons (Fsp3) is 0.409. The van der Waals surface area contributed by atoms with E-state index in [-0.39, 0.29) is 0 Å². The molecule has 5 rings (SSSR count). The van der Waals surface area contributed by atoms with Crippen LogP contribution in [0.15, 0.2) is 59.7 Å². The molecule has 0 saturated carbocycles. The molecule has 0 amide bonds. The number of nitrogens with zero attached hydrogens (tertiary/aromatic N) is 6. The third-order valence-corrected chi connectivity index (χ3v) is 6.07. The van der Waals surface area contributed by atoms with Crippen LogP contribution in [0.5, 0.6) is 0 Å². The molecule has 0 aliphatic carbocycles. The first-order chi connectivity index (χ1) is 14.4. The van der Waals surface area contributed by atoms with Gasteiger partial charge < -0.3 is 14.2 Å². The van der Waals surface area contributed by atoms with Gasteiger partial charge in [-0.2, -0.15) is 0 Å². The summed E-state index contributed by atoms with van der Waals surface area (Å²) in [5.41, 5.74) is 2.43. The van der Waals surface area contributed by atoms with E-state index in [0.29, 0.717) is 6.04 Å². The predicted molar refractivity (Wildman–Crippen MR) is 113 cm³/mol. The van der Waals surface area contributed by atoms with E-state index >= 15 is 0 Å². The molecule has 7 nitrogen and oxygen atoms in total. The Balaban J connectivity index is 1.16. The van der Waals surface area contributed by atoms with Crippen LogP contribution in [0.4, 0.5) is 11.6 Å². The van der Waals surface area contributed by atoms with E-state index < -0.39 is 0 Å². The molecule has 0 spiro atoms. The molecule has 0 radical (unpaired) electrons. The summed E-state index contributed by atoms with van der Waals surface area (Å²) in [5.74, 6) is 1.73. The molecule has 0 unspecified atom stereocenters. The van der Waals surface area contributed by atoms with Gasteiger partial charge in [-0.1, -0.05) is 12.1 Å². The van der Waals surface area contributed by atoms with Gasteiger partial charge in [-0.05, 0) is 37.1 Å². The van der Waals surface area contributed by atoms with E-state index in [1.807, 2.05) is 12.1 Å². The molecular weight excluding hydrogens is 364 g/mol. The molecule has 4 heterocycles. The second-order valence-corrected chi connectivity index (χ2v) is 7.71. The Morgan fingerprint density at radius 1 is 0.828 bits per heavy atom. The number of aromatic nitrogens is 3. The van der Waals surface area contributed by atoms with Crippen LogP contribution in [-0.2, 0) is 0 Å². The third-order valence-electron chi connectivity index (χ3n) is 6.07. The molecule has 2 aromatic heterocycles. The number of hydrogen-bond acceptors (Lipinski definition) is 7. The van der Waals surface area contributed by atoms with Crippen LogP contribution >= 0.6 is 0 Å². The molecule has 0 N–H and O–H groups in total. The summed E-state index contributed by atoms with van der Waals surface area (Å²) >= 11 is 0. The van der Waals surface area contributed by atoms with Crippen molar-refractivity contribution >= 4 is 11.6 Å². The average molecular weight is 390 g/mol. The van der Waals surface area contributed by atoms with E-state index in [1.165, 1.54) is 18.5 Å². The number of rotatable bonds is 4. The quantitative estimate of drug-likeness (QED) is 0.679. The van der Waals surface area contributed by atoms with Crippen LogP contribution in [0.25, 0.3) is 11.3 Å². The normalized spacial score (nSPS) is 18.9. The largest absolute Gasteiger partial charge is 0.464 e. The smallest absolute Gasteiger partial charge is 0.228 e. The highest BCUT2D eigenvalue weighted by Gasteiger charge is 2.28. The van der Waals surface area contributed by atoms with Gasteiger partial charge in [0.1, 0.15) is 18.4 Å². The molecule has 29 heavy (non-hydrogen) atoms. The summed E-state index contributed by atoms with van der Waals surface area (Å²) in [4.78, 5) is 19.9. The van der Waals surface area contributed by atoms with Gasteiger partial charge in [0, 0.05) is 56.6 Å². The van der Waals surface area contributed by atoms with E-state index in [9.17, 15) is 0 Å². The maximum absolute atomic E-state index is 5.56. The molecule has 2 aliphatic heterocycles. The van der Waals surface area contributed by atoms with Crippen molar-refractivity contribution in [3.63, 3.8) is 0 Å². The van der Waals surface area contributed by atoms with Crippen molar-refractivity contribution in [1.82, 2.24) is 19.9 Å². The van der Waals surface area contributed by atoms with Gasteiger partial charge in [-0.25, -0.2) is 15.0 Å². The molecule has 0 atom stereocenters. The molecule has 7 heteroatoms. The van der Waals surface area contributed by atoms with Crippen molar-refractivity contribution in [1.29, 1.82) is 0 Å². The minimum atomic E-state index is 0.667. The Kier molecular flexibility index (Phi) is 5.13. The summed E-state index contributed by atoms with van der Waals surface area (Å²) in [6.45, 7) is 6.30. The van der Waals surface area contributed by atoms with Crippen LogP contribution in [0.2, 0.25) is 0 Å². The Labute approximate surface area is 171 Å². The minimum absolute atomic E-state index is 0.667. The zero-order valence-corrected chi connectivity index (χ0v) is 16.5. The highest BCUT2D eigenvalue weighted by atomic mass is 16.3. The van der Waals surface area contributed by atoms with Crippen LogP contribution < -0.4 is 9.80 Å². The Morgan fingerprint density at radius 2 is 1.62 bits per heavy atom. The van der Waals surface area contributed by atoms with E-state index in [1.54, 1.807) is 18.9 Å². The number of piperazine rings is 1. The highest BCUT2D eigenvalue weighted by molar-refractivity contribution is 5.64. The van der Waals surface area contributed by atoms with Gasteiger partial charge in [0.05, 0.1) is 6.26 Å². The van der Waals surface area contributed by atoms with Crippen molar-refractivity contribution < 1.29 is 4.42 Å². The number of anilines is 2. The number of furan rings is 1. The number of hydrogen-bond donors (Lipinski definition) is 0. The number of benzene rings is 1. The Morgan fingerprint density at radius 3 is 2.34 bits per heavy atom. The van der Waals surface area contributed by atoms with E-state index in [0.717, 1.165) is 56.5 Å². The van der Waals surface area contributed by atoms with Crippen molar-refractivity contribution in [3.8, 4) is 11.3 Å². The Bertz CT molecular complexity index is 900. The molecule has 2 aliphatic rings. The van der Waals surface area contributed by atoms with Gasteiger partial charge in [-0.3, -0.25) is 4.90 Å². The molecule has 2 fully saturated rings. The first-order valence-corrected chi connectivity index (χ1v) is 10.4. The zero-order chi connectivity index (χ0) is 19.5. The highest BCUT2D eigenvalue weighted by Crippen LogP contribution is 2.28. The topological polar surface area (TPSA) is 61.5 Å². The van der Waals surface area contributed by atoms with Crippen LogP contribution in [0.3, 0.4) is 0 Å². The van der Waals surface area contributed by atoms with Gasteiger partial charge in [-0.15, -0.1) is 0 Å². The lowest BCUT2D eigenvalue weighted by Crippen LogP contribution is -2.53. The third kappa shape index (κ3) is 3.96. The SMILES string of the molecule is c1cc(-c2ccco2)cc(N2CCC(N3CCN(c4ncncn4)CC3)CC2)c1. The predicted octanol–water partition coefficient (Wildman–Crippen LogP) is 2.92. The average Bonchev–Trinajstić information content (AvgIpc) is 3.35. The van der Waals surface area contributed by atoms with Gasteiger partial charge in [0.15, 0.2) is 0 Å². The summed E-state index contributed by atoms with van der Waals surface area (Å²) in [6.07, 6.45) is 7.29. The van der Waals surface area contributed by atoms with Crippen molar-refractivity contribution in [3.05, 3.63) is 55.3 Å². The standard InChI is InChI=1S/C22H26N6O/c1-3-18(21-5-2-14-29-21)15-20(4-1)26-8-6-19(7-9-26)27-10-12-28(13-11-27)22-24-16-23-17-25-22/h1-5,14-17,19H,6-13H2. The summed E-state index contributed by atoms with van der Waals surface area (Å²) in [5, 5.41) is 0. The van der Waals surface area contributed by atoms with Gasteiger partial charge in [0.25, 0.3) is 0 Å². The molecule has 3 aromatic rings. The lowest BCUT2D eigenvalue weighted by atomic mass is 10.0. The monoisotopic (exact) mass is 390 g/mol. The van der Waals surface area contributed by atoms with Gasteiger partial charge >= 0.3 is 0 Å². The van der Waals surface area contributed by atoms with E-state index in [2.05, 4.69) is 53.9 Å². The molecule has 2 saturated heterocycles. The van der Waals surface area contributed by atoms with Crippen molar-refractivity contribution in [2.24, 2.45) is 0 Å². The fourth-order valence-corrected chi connectivity index (χ4v) is 4.47. The van der Waals surface area contributed by atoms with Crippen LogP contribution in [0, 0.1) is 0 Å². The van der Waals surface area contributed by atoms with Gasteiger partial charge in [0.2, 0.25) is 5.95 Å². The van der Waals surface area contributed by atoms with E-state index in [4.69, 9.17) is 4.42 Å². The lowest BCUT2D eigenvalue weighted by molar-refractivity contribution is 0.159. The lowest BCUT2D eigenvalue weighted by Gasteiger charge is -2.43. The first kappa shape index (κ1) is 18.1. The second kappa shape index (κ2) is 8.21. The molecule has 0 bridgehead atoms. The minimum Gasteiger partial charge on any atom is -0.464 e. The number of piperidine rings is 1. The van der Waals surface area contributed by atoms with Crippen molar-refractivity contribution in [2.75, 3.05) is 49.1 Å². The van der Waals surface area contributed by atoms with Crippen LogP contribution in [0.1, 0.15) is 12.8 Å². The van der Waals surface area contributed by atoms with Crippen molar-refractivity contribution in [2.45, 2.75) is 18.9 Å². The zero-order valence-electron chi connectivity index (χ0n) is 16.5. The fourth-order valence-electron chi connectivity index (χ4n) is 4.47. The Hall–Kier alpha value is -2.93. The second-order valence-electron chi connectivity index (χ2n) is 7.71. The van der Waals surface area contributed by atoms with Crippen LogP contribution in [-0.4, -0.2) is 65.2 Å². The maximum atomic E-state index is 5.56. The molecular formula is C22H26N6O. The summed E-state index contributed by atoms with van der Waals surface area (Å²) < 4.78 is 5.56. The molecule has 150 valence electrons. The maximum Gasteiger partial charge on any atom is 0.228 e. The first-order valence-electron chi connectivity index (χ1n) is 10.4.